The number of nitrogens with zero attached hydrogens (tertiary/aromatic N) is 1. The number of aryl methyl sites for hydroxylation is 1. The van der Waals surface area contributed by atoms with E-state index >= 15 is 0 Å². The summed E-state index contributed by atoms with van der Waals surface area (Å²) in [6.45, 7) is 2.03. The van der Waals surface area contributed by atoms with Crippen LogP contribution in [0.2, 0.25) is 0 Å². The number of nitrogens with one attached hydrogen (secondary N) is 2. The van der Waals surface area contributed by atoms with Crippen molar-refractivity contribution in [1.82, 2.24) is 15.5 Å². The number of aromatic nitrogens is 2. The standard InChI is InChI=1S/C16H22N4O4/c1-10-13(15(17)20-19-10)14(22)12(21)7-8-18-16(23)24-9-11-5-3-2-4-6-11/h2-6,12,14,21-22H,7-9H2,1H3,(H,18,23)(H3,17,19,20). The molecule has 6 N–H and O–H groups in total. The van der Waals surface area contributed by atoms with Crippen molar-refractivity contribution < 1.29 is 19.7 Å². The van der Waals surface area contributed by atoms with E-state index in [4.69, 9.17) is 10.5 Å². The summed E-state index contributed by atoms with van der Waals surface area (Å²) in [6, 6.07) is 9.30. The number of anilines is 1. The number of H-pyrrole nitrogens is 1. The van der Waals surface area contributed by atoms with Crippen molar-refractivity contribution in [1.29, 1.82) is 0 Å². The molecule has 1 aromatic carbocycles. The minimum absolute atomic E-state index is 0.145. The molecule has 8 nitrogen and oxygen atoms in total. The van der Waals surface area contributed by atoms with E-state index in [0.29, 0.717) is 11.3 Å². The van der Waals surface area contributed by atoms with E-state index in [1.54, 1.807) is 6.92 Å². The third kappa shape index (κ3) is 4.71. The van der Waals surface area contributed by atoms with E-state index in [0.717, 1.165) is 5.56 Å². The van der Waals surface area contributed by atoms with Crippen molar-refractivity contribution >= 4 is 11.9 Å². The minimum atomic E-state index is -1.18. The lowest BCUT2D eigenvalue weighted by Crippen LogP contribution is -2.30. The maximum absolute atomic E-state index is 11.6. The van der Waals surface area contributed by atoms with Gasteiger partial charge in [-0.3, -0.25) is 5.10 Å². The molecule has 0 spiro atoms. The fourth-order valence-corrected chi connectivity index (χ4v) is 2.28. The summed E-state index contributed by atoms with van der Waals surface area (Å²) >= 11 is 0. The first kappa shape index (κ1) is 17.8. The highest BCUT2D eigenvalue weighted by Gasteiger charge is 2.24. The van der Waals surface area contributed by atoms with Gasteiger partial charge in [-0.1, -0.05) is 30.3 Å². The highest BCUT2D eigenvalue weighted by Crippen LogP contribution is 2.25. The number of aliphatic hydroxyl groups excluding tert-OH is 2. The van der Waals surface area contributed by atoms with Crippen LogP contribution in [-0.4, -0.2) is 39.2 Å². The van der Waals surface area contributed by atoms with E-state index in [-0.39, 0.29) is 25.4 Å². The lowest BCUT2D eigenvalue weighted by atomic mass is 10.0. The SMILES string of the molecule is Cc1[nH]nc(N)c1C(O)C(O)CCNC(=O)OCc1ccccc1. The third-order valence-electron chi connectivity index (χ3n) is 3.61. The molecule has 0 aliphatic carbocycles. The van der Waals surface area contributed by atoms with Crippen LogP contribution in [0.4, 0.5) is 10.6 Å². The van der Waals surface area contributed by atoms with E-state index in [9.17, 15) is 15.0 Å². The summed E-state index contributed by atoms with van der Waals surface area (Å²) in [5, 5.41) is 29.1. The Hall–Kier alpha value is -2.58. The van der Waals surface area contributed by atoms with Crippen LogP contribution in [0.3, 0.4) is 0 Å². The van der Waals surface area contributed by atoms with E-state index in [1.165, 1.54) is 0 Å². The zero-order valence-electron chi connectivity index (χ0n) is 13.4. The van der Waals surface area contributed by atoms with E-state index < -0.39 is 18.3 Å². The van der Waals surface area contributed by atoms with Gasteiger partial charge in [0, 0.05) is 17.8 Å². The number of aromatic amines is 1. The molecule has 2 atom stereocenters. The second-order valence-corrected chi connectivity index (χ2v) is 5.44. The average Bonchev–Trinajstić information content (AvgIpc) is 2.91. The molecule has 2 rings (SSSR count). The van der Waals surface area contributed by atoms with Gasteiger partial charge in [0.25, 0.3) is 0 Å². The first-order valence-electron chi connectivity index (χ1n) is 7.60. The molecule has 0 fully saturated rings. The number of aliphatic hydroxyl groups is 2. The third-order valence-corrected chi connectivity index (χ3v) is 3.61. The quantitative estimate of drug-likeness (QED) is 0.513. The predicted octanol–water partition coefficient (Wildman–Crippen LogP) is 1.01. The Morgan fingerprint density at radius 3 is 2.71 bits per heavy atom. The van der Waals surface area contributed by atoms with Gasteiger partial charge in [-0.2, -0.15) is 5.10 Å². The van der Waals surface area contributed by atoms with E-state index in [1.807, 2.05) is 30.3 Å². The molecule has 0 saturated carbocycles. The number of rotatable bonds is 7. The number of amides is 1. The Kier molecular flexibility index (Phi) is 6.16. The number of hydrogen-bond acceptors (Lipinski definition) is 6. The average molecular weight is 334 g/mol. The van der Waals surface area contributed by atoms with Crippen LogP contribution in [0.1, 0.15) is 29.3 Å². The summed E-state index contributed by atoms with van der Waals surface area (Å²) < 4.78 is 5.05. The number of hydrogen-bond donors (Lipinski definition) is 5. The molecule has 0 saturated heterocycles. The predicted molar refractivity (Wildman–Crippen MR) is 88.0 cm³/mol. The highest BCUT2D eigenvalue weighted by atomic mass is 16.5. The molecule has 8 heteroatoms. The number of nitrogen functional groups attached to an aromatic ring is 1. The second kappa shape index (κ2) is 8.32. The number of carbonyl (C=O) groups is 1. The molecule has 0 radical (unpaired) electrons. The normalized spacial score (nSPS) is 13.3. The van der Waals surface area contributed by atoms with Gasteiger partial charge in [0.05, 0.1) is 6.10 Å². The summed E-state index contributed by atoms with van der Waals surface area (Å²) in [6.07, 6.45) is -2.70. The Balaban J connectivity index is 1.72. The van der Waals surface area contributed by atoms with Crippen molar-refractivity contribution in [2.45, 2.75) is 32.2 Å². The van der Waals surface area contributed by atoms with Gasteiger partial charge in [0.1, 0.15) is 12.7 Å². The smallest absolute Gasteiger partial charge is 0.407 e. The van der Waals surface area contributed by atoms with Gasteiger partial charge >= 0.3 is 6.09 Å². The van der Waals surface area contributed by atoms with Crippen LogP contribution in [0, 0.1) is 6.92 Å². The zero-order chi connectivity index (χ0) is 17.5. The van der Waals surface area contributed by atoms with E-state index in [2.05, 4.69) is 15.5 Å². The van der Waals surface area contributed by atoms with Crippen LogP contribution < -0.4 is 11.1 Å². The number of benzene rings is 1. The Bertz CT molecular complexity index is 640. The van der Waals surface area contributed by atoms with Crippen LogP contribution in [-0.2, 0) is 11.3 Å². The molecule has 24 heavy (non-hydrogen) atoms. The maximum Gasteiger partial charge on any atom is 0.407 e. The first-order valence-corrected chi connectivity index (χ1v) is 7.60. The van der Waals surface area contributed by atoms with Gasteiger partial charge in [0.15, 0.2) is 5.82 Å². The Labute approximate surface area is 139 Å². The Morgan fingerprint density at radius 1 is 1.38 bits per heavy atom. The van der Waals surface area contributed by atoms with Crippen LogP contribution >= 0.6 is 0 Å². The van der Waals surface area contributed by atoms with Crippen molar-refractivity contribution in [3.05, 3.63) is 47.2 Å². The largest absolute Gasteiger partial charge is 0.445 e. The van der Waals surface area contributed by atoms with Gasteiger partial charge in [-0.15, -0.1) is 0 Å². The van der Waals surface area contributed by atoms with Gasteiger partial charge < -0.3 is 26.0 Å². The lowest BCUT2D eigenvalue weighted by Gasteiger charge is -2.18. The molecule has 130 valence electrons. The zero-order valence-corrected chi connectivity index (χ0v) is 13.4. The molecular weight excluding hydrogens is 312 g/mol. The fraction of sp³-hybridized carbons (Fsp3) is 0.375. The number of carbonyl (C=O) groups excluding carboxylic acids is 1. The summed E-state index contributed by atoms with van der Waals surface area (Å²) in [5.74, 6) is 0.147. The Morgan fingerprint density at radius 2 is 2.08 bits per heavy atom. The molecule has 0 bridgehead atoms. The number of nitrogens with two attached hydrogens (primary N) is 1. The number of ether oxygens (including phenoxy) is 1. The van der Waals surface area contributed by atoms with Crippen molar-refractivity contribution in [3.8, 4) is 0 Å². The lowest BCUT2D eigenvalue weighted by molar-refractivity contribution is 0.0137. The molecule has 1 aromatic heterocycles. The summed E-state index contributed by atoms with van der Waals surface area (Å²) in [7, 11) is 0. The molecule has 0 aliphatic rings. The van der Waals surface area contributed by atoms with Crippen LogP contribution in [0.15, 0.2) is 30.3 Å². The van der Waals surface area contributed by atoms with Crippen molar-refractivity contribution in [3.63, 3.8) is 0 Å². The van der Waals surface area contributed by atoms with Gasteiger partial charge in [-0.05, 0) is 18.9 Å². The topological polar surface area (TPSA) is 133 Å². The van der Waals surface area contributed by atoms with Gasteiger partial charge in [0.2, 0.25) is 0 Å². The summed E-state index contributed by atoms with van der Waals surface area (Å²) in [5.41, 5.74) is 7.49. The molecule has 2 unspecified atom stereocenters. The second-order valence-electron chi connectivity index (χ2n) is 5.44. The molecular formula is C16H22N4O4. The molecule has 1 heterocycles. The minimum Gasteiger partial charge on any atom is -0.445 e. The van der Waals surface area contributed by atoms with Crippen molar-refractivity contribution in [2.24, 2.45) is 0 Å². The van der Waals surface area contributed by atoms with Gasteiger partial charge in [-0.25, -0.2) is 4.79 Å². The van der Waals surface area contributed by atoms with Crippen molar-refractivity contribution in [2.75, 3.05) is 12.3 Å². The monoisotopic (exact) mass is 334 g/mol. The van der Waals surface area contributed by atoms with Crippen LogP contribution in [0.5, 0.6) is 0 Å². The molecule has 1 amide bonds. The first-order chi connectivity index (χ1) is 11.5. The molecule has 0 aliphatic heterocycles. The fourth-order valence-electron chi connectivity index (χ4n) is 2.28. The summed E-state index contributed by atoms with van der Waals surface area (Å²) in [4.78, 5) is 11.6. The highest BCUT2D eigenvalue weighted by molar-refractivity contribution is 5.67. The van der Waals surface area contributed by atoms with Crippen LogP contribution in [0.25, 0.3) is 0 Å². The number of alkyl carbamates (subject to hydrolysis) is 1. The molecule has 2 aromatic rings. The maximum atomic E-state index is 11.6.